The summed E-state index contributed by atoms with van der Waals surface area (Å²) in [6.07, 6.45) is 4.44. The average Bonchev–Trinajstić information content (AvgIpc) is 2.03. The molecule has 0 nitrogen and oxygen atoms in total. The van der Waals surface area contributed by atoms with Gasteiger partial charge in [0.25, 0.3) is 0 Å². The first-order valence-electron chi connectivity index (χ1n) is 5.21. The molecule has 1 heteroatoms. The molecular formula is C11H21I. The number of hydrogen-bond donors (Lipinski definition) is 0. The van der Waals surface area contributed by atoms with E-state index < -0.39 is 0 Å². The first-order chi connectivity index (χ1) is 5.65. The third kappa shape index (κ3) is 2.61. The lowest BCUT2D eigenvalue weighted by Crippen LogP contribution is -2.27. The van der Waals surface area contributed by atoms with Gasteiger partial charge < -0.3 is 0 Å². The first-order valence-corrected chi connectivity index (χ1v) is 6.73. The lowest BCUT2D eigenvalue weighted by atomic mass is 9.71. The molecule has 0 spiro atoms. The molecule has 0 radical (unpaired) electrons. The third-order valence-electron chi connectivity index (χ3n) is 3.42. The molecule has 1 rings (SSSR count). The van der Waals surface area contributed by atoms with E-state index in [9.17, 15) is 0 Å². The molecule has 0 saturated heterocycles. The van der Waals surface area contributed by atoms with Gasteiger partial charge in [-0.15, -0.1) is 0 Å². The minimum Gasteiger partial charge on any atom is -0.0861 e. The first kappa shape index (κ1) is 10.8. The molecule has 1 saturated carbocycles. The summed E-state index contributed by atoms with van der Waals surface area (Å²) in [5.41, 5.74) is 0. The summed E-state index contributed by atoms with van der Waals surface area (Å²) in [4.78, 5) is 0. The van der Waals surface area contributed by atoms with Crippen LogP contribution in [0.3, 0.4) is 0 Å². The monoisotopic (exact) mass is 280 g/mol. The SMILES string of the molecule is CC(C)[C@@H]1CC[C@@H](CI)CC1C. The van der Waals surface area contributed by atoms with Crippen molar-refractivity contribution in [1.29, 1.82) is 0 Å². The molecule has 1 fully saturated rings. The van der Waals surface area contributed by atoms with Gasteiger partial charge in [-0.2, -0.15) is 0 Å². The van der Waals surface area contributed by atoms with Crippen molar-refractivity contribution in [2.45, 2.75) is 40.0 Å². The van der Waals surface area contributed by atoms with Gasteiger partial charge in [0.2, 0.25) is 0 Å². The van der Waals surface area contributed by atoms with Crippen LogP contribution in [0.25, 0.3) is 0 Å². The Labute approximate surface area is 90.6 Å². The maximum Gasteiger partial charge on any atom is 0.00238 e. The van der Waals surface area contributed by atoms with E-state index in [0.717, 1.165) is 23.7 Å². The normalized spacial score (nSPS) is 37.2. The lowest BCUT2D eigenvalue weighted by Gasteiger charge is -2.35. The van der Waals surface area contributed by atoms with Crippen molar-refractivity contribution in [2.24, 2.45) is 23.7 Å². The topological polar surface area (TPSA) is 0 Å². The molecule has 3 atom stereocenters. The molecule has 0 heterocycles. The molecule has 1 unspecified atom stereocenters. The Balaban J connectivity index is 2.42. The highest BCUT2D eigenvalue weighted by atomic mass is 127. The van der Waals surface area contributed by atoms with E-state index in [-0.39, 0.29) is 0 Å². The largest absolute Gasteiger partial charge is 0.0861 e. The van der Waals surface area contributed by atoms with Gasteiger partial charge in [0.1, 0.15) is 0 Å². The standard InChI is InChI=1S/C11H21I/c1-8(2)11-5-4-10(7-12)6-9(11)3/h8-11H,4-7H2,1-3H3/t9?,10-,11+/m1/s1. The van der Waals surface area contributed by atoms with E-state index in [2.05, 4.69) is 43.4 Å². The van der Waals surface area contributed by atoms with Crippen molar-refractivity contribution in [3.8, 4) is 0 Å². The Bertz CT molecular complexity index is 131. The molecule has 0 aromatic carbocycles. The molecule has 1 aliphatic carbocycles. The fraction of sp³-hybridized carbons (Fsp3) is 1.00. The molecule has 0 aromatic heterocycles. The smallest absolute Gasteiger partial charge is 0.00238 e. The summed E-state index contributed by atoms with van der Waals surface area (Å²) in [7, 11) is 0. The van der Waals surface area contributed by atoms with Crippen LogP contribution in [0, 0.1) is 23.7 Å². The van der Waals surface area contributed by atoms with E-state index >= 15 is 0 Å². The molecule has 1 aliphatic rings. The van der Waals surface area contributed by atoms with Gasteiger partial charge in [0.05, 0.1) is 0 Å². The Morgan fingerprint density at radius 1 is 1.33 bits per heavy atom. The zero-order chi connectivity index (χ0) is 9.14. The average molecular weight is 280 g/mol. The van der Waals surface area contributed by atoms with E-state index in [1.807, 2.05) is 0 Å². The highest BCUT2D eigenvalue weighted by Gasteiger charge is 2.28. The van der Waals surface area contributed by atoms with Crippen LogP contribution in [0.15, 0.2) is 0 Å². The number of alkyl halides is 1. The Morgan fingerprint density at radius 2 is 2.00 bits per heavy atom. The van der Waals surface area contributed by atoms with Gasteiger partial charge in [0.15, 0.2) is 0 Å². The molecule has 72 valence electrons. The molecule has 0 aliphatic heterocycles. The Hall–Kier alpha value is 0.730. The van der Waals surface area contributed by atoms with E-state index in [1.54, 1.807) is 0 Å². The summed E-state index contributed by atoms with van der Waals surface area (Å²) >= 11 is 2.54. The molecule has 12 heavy (non-hydrogen) atoms. The predicted molar refractivity (Wildman–Crippen MR) is 63.7 cm³/mol. The summed E-state index contributed by atoms with van der Waals surface area (Å²) in [5, 5.41) is 0. The van der Waals surface area contributed by atoms with Crippen LogP contribution in [-0.4, -0.2) is 4.43 Å². The third-order valence-corrected chi connectivity index (χ3v) is 4.66. The minimum absolute atomic E-state index is 0.898. The van der Waals surface area contributed by atoms with Gasteiger partial charge >= 0.3 is 0 Å². The summed E-state index contributed by atoms with van der Waals surface area (Å²) in [5.74, 6) is 3.90. The summed E-state index contributed by atoms with van der Waals surface area (Å²) in [6.45, 7) is 7.21. The molecule has 0 aromatic rings. The van der Waals surface area contributed by atoms with Gasteiger partial charge in [-0.3, -0.25) is 0 Å². The van der Waals surface area contributed by atoms with Crippen LogP contribution in [0.1, 0.15) is 40.0 Å². The van der Waals surface area contributed by atoms with Crippen LogP contribution in [-0.2, 0) is 0 Å². The summed E-state index contributed by atoms with van der Waals surface area (Å²) < 4.78 is 1.37. The van der Waals surface area contributed by atoms with Crippen LogP contribution in [0.4, 0.5) is 0 Å². The van der Waals surface area contributed by atoms with E-state index in [4.69, 9.17) is 0 Å². The number of halogens is 1. The van der Waals surface area contributed by atoms with Crippen LogP contribution in [0.2, 0.25) is 0 Å². The second-order valence-corrected chi connectivity index (χ2v) is 5.60. The lowest BCUT2D eigenvalue weighted by molar-refractivity contribution is 0.161. The van der Waals surface area contributed by atoms with Crippen LogP contribution >= 0.6 is 22.6 Å². The maximum absolute atomic E-state index is 2.54. The van der Waals surface area contributed by atoms with Gasteiger partial charge in [0, 0.05) is 4.43 Å². The number of rotatable bonds is 2. The molecule has 0 amide bonds. The van der Waals surface area contributed by atoms with Gasteiger partial charge in [-0.05, 0) is 42.9 Å². The predicted octanol–water partition coefficient (Wildman–Crippen LogP) is 4.13. The zero-order valence-corrected chi connectivity index (χ0v) is 10.7. The van der Waals surface area contributed by atoms with Crippen molar-refractivity contribution >= 4 is 22.6 Å². The molecule has 0 bridgehead atoms. The van der Waals surface area contributed by atoms with Crippen molar-refractivity contribution in [3.05, 3.63) is 0 Å². The quantitative estimate of drug-likeness (QED) is 0.527. The zero-order valence-electron chi connectivity index (χ0n) is 8.52. The van der Waals surface area contributed by atoms with Crippen molar-refractivity contribution in [2.75, 3.05) is 4.43 Å². The van der Waals surface area contributed by atoms with Crippen LogP contribution in [0.5, 0.6) is 0 Å². The Morgan fingerprint density at radius 3 is 2.42 bits per heavy atom. The highest BCUT2D eigenvalue weighted by molar-refractivity contribution is 14.1. The van der Waals surface area contributed by atoms with Crippen molar-refractivity contribution in [3.63, 3.8) is 0 Å². The molecular weight excluding hydrogens is 259 g/mol. The molecule has 0 N–H and O–H groups in total. The Kier molecular flexibility index (Phi) is 4.35. The fourth-order valence-electron chi connectivity index (χ4n) is 2.66. The van der Waals surface area contributed by atoms with E-state index in [1.165, 1.54) is 23.7 Å². The summed E-state index contributed by atoms with van der Waals surface area (Å²) in [6, 6.07) is 0. The van der Waals surface area contributed by atoms with Crippen molar-refractivity contribution in [1.82, 2.24) is 0 Å². The second-order valence-electron chi connectivity index (χ2n) is 4.72. The fourth-order valence-corrected chi connectivity index (χ4v) is 3.46. The number of hydrogen-bond acceptors (Lipinski definition) is 0. The maximum atomic E-state index is 2.54. The second kappa shape index (κ2) is 4.83. The van der Waals surface area contributed by atoms with Gasteiger partial charge in [-0.1, -0.05) is 43.4 Å². The van der Waals surface area contributed by atoms with Crippen molar-refractivity contribution < 1.29 is 0 Å². The highest BCUT2D eigenvalue weighted by Crippen LogP contribution is 2.38. The van der Waals surface area contributed by atoms with E-state index in [0.29, 0.717) is 0 Å². The minimum atomic E-state index is 0.898. The van der Waals surface area contributed by atoms with Crippen LogP contribution < -0.4 is 0 Å². The van der Waals surface area contributed by atoms with Gasteiger partial charge in [-0.25, -0.2) is 0 Å².